The third-order valence-electron chi connectivity index (χ3n) is 8.58. The highest BCUT2D eigenvalue weighted by molar-refractivity contribution is 6.23. The quantitative estimate of drug-likeness (QED) is 0.362. The summed E-state index contributed by atoms with van der Waals surface area (Å²) >= 11 is 0. The monoisotopic (exact) mass is 522 g/mol. The van der Waals surface area contributed by atoms with Gasteiger partial charge in [-0.1, -0.05) is 48.5 Å². The number of hydrogen-bond donors (Lipinski definition) is 1. The van der Waals surface area contributed by atoms with Crippen molar-refractivity contribution in [3.63, 3.8) is 0 Å². The molecule has 1 aliphatic heterocycles. The smallest absolute Gasteiger partial charge is 0.338 e. The Kier molecular flexibility index (Phi) is 6.29. The van der Waals surface area contributed by atoms with Gasteiger partial charge >= 0.3 is 5.97 Å². The van der Waals surface area contributed by atoms with Gasteiger partial charge < -0.3 is 10.1 Å². The summed E-state index contributed by atoms with van der Waals surface area (Å²) in [4.78, 5) is 53.5. The van der Waals surface area contributed by atoms with Crippen LogP contribution in [-0.4, -0.2) is 30.3 Å². The second kappa shape index (κ2) is 9.80. The molecule has 1 saturated heterocycles. The maximum Gasteiger partial charge on any atom is 0.338 e. The Hall–Kier alpha value is -4.26. The predicted octanol–water partition coefficient (Wildman–Crippen LogP) is 5.03. The van der Waals surface area contributed by atoms with Crippen LogP contribution in [0.1, 0.15) is 45.8 Å². The molecule has 2 saturated carbocycles. The first-order chi connectivity index (χ1) is 18.8. The van der Waals surface area contributed by atoms with Crippen LogP contribution in [0.4, 0.5) is 11.4 Å². The van der Waals surface area contributed by atoms with Crippen molar-refractivity contribution in [2.75, 3.05) is 16.8 Å². The number of aryl methyl sites for hydroxylation is 2. The maximum atomic E-state index is 13.6. The topological polar surface area (TPSA) is 92.8 Å². The summed E-state index contributed by atoms with van der Waals surface area (Å²) in [5.74, 6) is -1.52. The highest BCUT2D eigenvalue weighted by Crippen LogP contribution is 2.61. The van der Waals surface area contributed by atoms with E-state index >= 15 is 0 Å². The number of ether oxygens (including phenoxy) is 1. The van der Waals surface area contributed by atoms with E-state index in [4.69, 9.17) is 4.74 Å². The molecule has 1 heterocycles. The SMILES string of the molecule is Cc1ccc(C)c(NC(=O)COC(=O)c2cccc(N3C(=O)[C@@H]4[C@@H]5C[C@@H]([C@H]4C3=O)[C@H](c3ccccc3)C5)c2)c1. The van der Waals surface area contributed by atoms with Crippen molar-refractivity contribution in [3.8, 4) is 0 Å². The number of nitrogens with one attached hydrogen (secondary N) is 1. The largest absolute Gasteiger partial charge is 0.452 e. The van der Waals surface area contributed by atoms with Crippen LogP contribution in [0, 0.1) is 37.5 Å². The van der Waals surface area contributed by atoms with Crippen molar-refractivity contribution in [1.82, 2.24) is 0 Å². The Labute approximate surface area is 227 Å². The van der Waals surface area contributed by atoms with Gasteiger partial charge in [0.1, 0.15) is 0 Å². The lowest BCUT2D eigenvalue weighted by Crippen LogP contribution is -2.33. The van der Waals surface area contributed by atoms with Crippen LogP contribution in [-0.2, 0) is 19.1 Å². The number of carbonyl (C=O) groups excluding carboxylic acids is 4. The van der Waals surface area contributed by atoms with Gasteiger partial charge in [0.05, 0.1) is 23.1 Å². The summed E-state index contributed by atoms with van der Waals surface area (Å²) < 4.78 is 5.25. The molecular weight excluding hydrogens is 492 g/mol. The minimum atomic E-state index is -0.698. The summed E-state index contributed by atoms with van der Waals surface area (Å²) in [7, 11) is 0. The third kappa shape index (κ3) is 4.42. The molecule has 6 rings (SSSR count). The first-order valence-corrected chi connectivity index (χ1v) is 13.4. The number of anilines is 2. The fourth-order valence-electron chi connectivity index (χ4n) is 6.84. The number of hydrogen-bond acceptors (Lipinski definition) is 5. The normalized spacial score (nSPS) is 25.1. The lowest BCUT2D eigenvalue weighted by Gasteiger charge is -2.28. The van der Waals surface area contributed by atoms with Crippen LogP contribution in [0.25, 0.3) is 0 Å². The highest BCUT2D eigenvalue weighted by atomic mass is 16.5. The third-order valence-corrected chi connectivity index (χ3v) is 8.58. The molecule has 3 amide bonds. The maximum absolute atomic E-state index is 13.6. The minimum Gasteiger partial charge on any atom is -0.452 e. The zero-order valence-corrected chi connectivity index (χ0v) is 21.9. The van der Waals surface area contributed by atoms with E-state index in [-0.39, 0.29) is 47.0 Å². The van der Waals surface area contributed by atoms with Crippen LogP contribution in [0.15, 0.2) is 72.8 Å². The van der Waals surface area contributed by atoms with Crippen molar-refractivity contribution >= 4 is 35.1 Å². The number of esters is 1. The average molecular weight is 523 g/mol. The minimum absolute atomic E-state index is 0.146. The van der Waals surface area contributed by atoms with E-state index in [0.29, 0.717) is 11.4 Å². The van der Waals surface area contributed by atoms with E-state index in [1.54, 1.807) is 18.2 Å². The number of carbonyl (C=O) groups is 4. The molecule has 2 aliphatic carbocycles. The van der Waals surface area contributed by atoms with Gasteiger partial charge in [0.15, 0.2) is 6.61 Å². The summed E-state index contributed by atoms with van der Waals surface area (Å²) in [6.45, 7) is 3.36. The van der Waals surface area contributed by atoms with Crippen LogP contribution in [0.2, 0.25) is 0 Å². The first kappa shape index (κ1) is 25.0. The van der Waals surface area contributed by atoms with E-state index in [1.165, 1.54) is 16.5 Å². The van der Waals surface area contributed by atoms with Gasteiger partial charge in [-0.25, -0.2) is 4.79 Å². The molecule has 39 heavy (non-hydrogen) atoms. The Morgan fingerprint density at radius 2 is 1.67 bits per heavy atom. The fraction of sp³-hybridized carbons (Fsp3) is 0.312. The van der Waals surface area contributed by atoms with Crippen molar-refractivity contribution in [2.45, 2.75) is 32.6 Å². The molecule has 0 unspecified atom stereocenters. The van der Waals surface area contributed by atoms with Gasteiger partial charge in [-0.2, -0.15) is 0 Å². The molecule has 198 valence electrons. The number of amides is 3. The number of nitrogens with zero attached hydrogens (tertiary/aromatic N) is 1. The van der Waals surface area contributed by atoms with Gasteiger partial charge in [0.2, 0.25) is 11.8 Å². The van der Waals surface area contributed by atoms with Gasteiger partial charge in [-0.3, -0.25) is 19.3 Å². The summed E-state index contributed by atoms with van der Waals surface area (Å²) in [5.41, 5.74) is 4.34. The van der Waals surface area contributed by atoms with E-state index in [2.05, 4.69) is 17.4 Å². The molecule has 2 bridgehead atoms. The van der Waals surface area contributed by atoms with Crippen LogP contribution in [0.5, 0.6) is 0 Å². The van der Waals surface area contributed by atoms with Crippen LogP contribution >= 0.6 is 0 Å². The molecule has 0 radical (unpaired) electrons. The van der Waals surface area contributed by atoms with Crippen molar-refractivity contribution in [1.29, 1.82) is 0 Å². The number of imide groups is 1. The summed E-state index contributed by atoms with van der Waals surface area (Å²) in [6.07, 6.45) is 1.82. The molecule has 1 N–H and O–H groups in total. The molecule has 3 aromatic rings. The molecule has 0 spiro atoms. The lowest BCUT2D eigenvalue weighted by atomic mass is 9.73. The van der Waals surface area contributed by atoms with Gasteiger partial charge in [-0.15, -0.1) is 0 Å². The van der Waals surface area contributed by atoms with E-state index in [9.17, 15) is 19.2 Å². The molecule has 3 aliphatic rings. The molecular formula is C32H30N2O5. The molecule has 5 atom stereocenters. The van der Waals surface area contributed by atoms with Crippen LogP contribution in [0.3, 0.4) is 0 Å². The number of rotatable bonds is 6. The van der Waals surface area contributed by atoms with E-state index < -0.39 is 18.5 Å². The van der Waals surface area contributed by atoms with E-state index in [1.807, 2.05) is 50.2 Å². The van der Waals surface area contributed by atoms with Crippen LogP contribution < -0.4 is 10.2 Å². The number of fused-ring (bicyclic) bond motifs is 5. The standard InChI is InChI=1S/C32H30N2O5/c1-18-11-12-19(2)26(13-18)33-27(35)17-39-32(38)21-9-6-10-23(14-21)34-30(36)28-22-15-24(20-7-4-3-5-8-20)25(16-22)29(28)31(34)37/h3-14,22,24-25,28-29H,15-17H2,1-2H3,(H,33,35)/t22-,24-,25+,28+,29+/m0/s1. The fourth-order valence-corrected chi connectivity index (χ4v) is 6.84. The second-order valence-corrected chi connectivity index (χ2v) is 11.0. The molecule has 3 fully saturated rings. The Morgan fingerprint density at radius 1 is 0.897 bits per heavy atom. The number of benzene rings is 3. The van der Waals surface area contributed by atoms with Gasteiger partial charge in [-0.05, 0) is 85.4 Å². The first-order valence-electron chi connectivity index (χ1n) is 13.4. The second-order valence-electron chi connectivity index (χ2n) is 11.0. The van der Waals surface area contributed by atoms with Gasteiger partial charge in [0, 0.05) is 5.69 Å². The predicted molar refractivity (Wildman–Crippen MR) is 146 cm³/mol. The molecule has 3 aromatic carbocycles. The Morgan fingerprint density at radius 3 is 2.46 bits per heavy atom. The van der Waals surface area contributed by atoms with Gasteiger partial charge in [0.25, 0.3) is 5.91 Å². The Bertz CT molecular complexity index is 1480. The molecule has 0 aromatic heterocycles. The summed E-state index contributed by atoms with van der Waals surface area (Å²) in [6, 6.07) is 22.3. The van der Waals surface area contributed by atoms with Crippen molar-refractivity contribution in [3.05, 3.63) is 95.1 Å². The zero-order chi connectivity index (χ0) is 27.3. The highest BCUT2D eigenvalue weighted by Gasteiger charge is 2.64. The van der Waals surface area contributed by atoms with Crippen molar-refractivity contribution < 1.29 is 23.9 Å². The Balaban J connectivity index is 1.14. The lowest BCUT2D eigenvalue weighted by molar-refractivity contribution is -0.123. The average Bonchev–Trinajstić information content (AvgIpc) is 3.61. The molecule has 7 heteroatoms. The molecule has 7 nitrogen and oxygen atoms in total. The summed E-state index contributed by atoms with van der Waals surface area (Å²) in [5, 5.41) is 2.76. The van der Waals surface area contributed by atoms with Crippen molar-refractivity contribution in [2.24, 2.45) is 23.7 Å². The van der Waals surface area contributed by atoms with E-state index in [0.717, 1.165) is 24.0 Å². The zero-order valence-electron chi connectivity index (χ0n) is 21.9.